The van der Waals surface area contributed by atoms with Crippen LogP contribution in [0.5, 0.6) is 0 Å². The zero-order chi connectivity index (χ0) is 9.68. The highest BCUT2D eigenvalue weighted by Crippen LogP contribution is 2.06. The van der Waals surface area contributed by atoms with Crippen molar-refractivity contribution in [1.29, 1.82) is 0 Å². The summed E-state index contributed by atoms with van der Waals surface area (Å²) in [5.74, 6) is 4.97. The second-order valence-corrected chi connectivity index (χ2v) is 2.62. The van der Waals surface area contributed by atoms with E-state index >= 15 is 0 Å². The maximum atomic E-state index is 10.6. The van der Waals surface area contributed by atoms with Crippen molar-refractivity contribution in [1.82, 2.24) is 0 Å². The van der Waals surface area contributed by atoms with Gasteiger partial charge in [-0.2, -0.15) is 0 Å². The molecule has 0 heterocycles. The third-order valence-electron chi connectivity index (χ3n) is 1.56. The highest BCUT2D eigenvalue weighted by Gasteiger charge is 1.95. The van der Waals surface area contributed by atoms with Crippen molar-refractivity contribution in [2.45, 2.75) is 13.5 Å². The largest absolute Gasteiger partial charge is 0.392 e. The minimum Gasteiger partial charge on any atom is -0.392 e. The van der Waals surface area contributed by atoms with Crippen LogP contribution in [0.15, 0.2) is 24.3 Å². The monoisotopic (exact) mass is 174 g/mol. The van der Waals surface area contributed by atoms with Crippen molar-refractivity contribution in [3.05, 3.63) is 35.4 Å². The summed E-state index contributed by atoms with van der Waals surface area (Å²) in [6.45, 7) is 1.36. The first-order valence-electron chi connectivity index (χ1n) is 3.95. The van der Waals surface area contributed by atoms with Crippen LogP contribution in [-0.2, 0) is 11.4 Å². The number of carbonyl (C=O) groups is 1. The minimum atomic E-state index is -0.173. The van der Waals surface area contributed by atoms with E-state index in [0.29, 0.717) is 5.56 Å². The lowest BCUT2D eigenvalue weighted by atomic mass is 10.1. The Morgan fingerprint density at radius 1 is 1.46 bits per heavy atom. The Balaban J connectivity index is 3.02. The van der Waals surface area contributed by atoms with Gasteiger partial charge in [-0.15, -0.1) is 0 Å². The SMILES string of the molecule is CC(=O)C#Cc1ccccc1CO. The van der Waals surface area contributed by atoms with Crippen LogP contribution in [0, 0.1) is 11.8 Å². The summed E-state index contributed by atoms with van der Waals surface area (Å²) in [7, 11) is 0. The first-order valence-corrected chi connectivity index (χ1v) is 3.95. The minimum absolute atomic E-state index is 0.0528. The number of Topliss-reactive ketones (excluding diaryl/α,β-unsaturated/α-hetero) is 1. The van der Waals surface area contributed by atoms with Crippen molar-refractivity contribution in [2.24, 2.45) is 0 Å². The summed E-state index contributed by atoms with van der Waals surface area (Å²) in [4.78, 5) is 10.6. The van der Waals surface area contributed by atoms with Gasteiger partial charge in [0.2, 0.25) is 5.78 Å². The van der Waals surface area contributed by atoms with E-state index < -0.39 is 0 Å². The average Bonchev–Trinajstić information content (AvgIpc) is 2.15. The van der Waals surface area contributed by atoms with E-state index in [0.717, 1.165) is 5.56 Å². The normalized spacial score (nSPS) is 8.77. The predicted molar refractivity (Wildman–Crippen MR) is 49.9 cm³/mol. The van der Waals surface area contributed by atoms with Gasteiger partial charge in [-0.1, -0.05) is 24.1 Å². The van der Waals surface area contributed by atoms with Crippen molar-refractivity contribution >= 4 is 5.78 Å². The Kier molecular flexibility index (Phi) is 3.24. The molecule has 13 heavy (non-hydrogen) atoms. The molecule has 0 bridgehead atoms. The lowest BCUT2D eigenvalue weighted by Gasteiger charge is -1.97. The van der Waals surface area contributed by atoms with Gasteiger partial charge in [0.1, 0.15) is 0 Å². The zero-order valence-corrected chi connectivity index (χ0v) is 7.37. The molecule has 2 nitrogen and oxygen atoms in total. The molecule has 0 unspecified atom stereocenters. The molecule has 0 atom stereocenters. The molecule has 0 amide bonds. The summed E-state index contributed by atoms with van der Waals surface area (Å²) < 4.78 is 0. The van der Waals surface area contributed by atoms with Gasteiger partial charge in [0.15, 0.2) is 0 Å². The average molecular weight is 174 g/mol. The maximum Gasteiger partial charge on any atom is 0.202 e. The standard InChI is InChI=1S/C11H10O2/c1-9(13)6-7-10-4-2-3-5-11(10)8-12/h2-5,12H,8H2,1H3. The fourth-order valence-electron chi connectivity index (χ4n) is 0.935. The molecule has 2 heteroatoms. The first-order chi connectivity index (χ1) is 6.24. The van der Waals surface area contributed by atoms with Gasteiger partial charge in [0.25, 0.3) is 0 Å². The van der Waals surface area contributed by atoms with Gasteiger partial charge in [-0.3, -0.25) is 4.79 Å². The fraction of sp³-hybridized carbons (Fsp3) is 0.182. The van der Waals surface area contributed by atoms with Gasteiger partial charge < -0.3 is 5.11 Å². The lowest BCUT2D eigenvalue weighted by molar-refractivity contribution is -0.111. The lowest BCUT2D eigenvalue weighted by Crippen LogP contribution is -1.89. The highest BCUT2D eigenvalue weighted by atomic mass is 16.3. The summed E-state index contributed by atoms with van der Waals surface area (Å²) in [5.41, 5.74) is 1.46. The third kappa shape index (κ3) is 2.73. The smallest absolute Gasteiger partial charge is 0.202 e. The molecule has 1 aromatic rings. The van der Waals surface area contributed by atoms with Crippen LogP contribution >= 0.6 is 0 Å². The number of carbonyl (C=O) groups excluding carboxylic acids is 1. The van der Waals surface area contributed by atoms with E-state index in [1.165, 1.54) is 6.92 Å². The number of hydrogen-bond acceptors (Lipinski definition) is 2. The van der Waals surface area contributed by atoms with Gasteiger partial charge in [-0.05, 0) is 17.6 Å². The molecule has 0 saturated heterocycles. The molecule has 0 aromatic heterocycles. The number of rotatable bonds is 1. The molecule has 1 rings (SSSR count). The van der Waals surface area contributed by atoms with E-state index in [9.17, 15) is 4.79 Å². The van der Waals surface area contributed by atoms with Crippen LogP contribution in [0.25, 0.3) is 0 Å². The maximum absolute atomic E-state index is 10.6. The van der Waals surface area contributed by atoms with Gasteiger partial charge in [0, 0.05) is 12.5 Å². The Labute approximate surface area is 77.2 Å². The van der Waals surface area contributed by atoms with Crippen LogP contribution in [0.3, 0.4) is 0 Å². The summed E-state index contributed by atoms with van der Waals surface area (Å²) in [6, 6.07) is 7.21. The zero-order valence-electron chi connectivity index (χ0n) is 7.37. The van der Waals surface area contributed by atoms with Crippen molar-refractivity contribution in [3.8, 4) is 11.8 Å². The fourth-order valence-corrected chi connectivity index (χ4v) is 0.935. The Morgan fingerprint density at radius 2 is 2.15 bits per heavy atom. The molecule has 0 fully saturated rings. The molecule has 0 aliphatic carbocycles. The van der Waals surface area contributed by atoms with E-state index in [-0.39, 0.29) is 12.4 Å². The highest BCUT2D eigenvalue weighted by molar-refractivity contribution is 5.93. The van der Waals surface area contributed by atoms with Crippen LogP contribution in [0.2, 0.25) is 0 Å². The van der Waals surface area contributed by atoms with Crippen molar-refractivity contribution in [3.63, 3.8) is 0 Å². The number of ketones is 1. The summed E-state index contributed by atoms with van der Waals surface area (Å²) >= 11 is 0. The van der Waals surface area contributed by atoms with Crippen LogP contribution < -0.4 is 0 Å². The van der Waals surface area contributed by atoms with Gasteiger partial charge in [-0.25, -0.2) is 0 Å². The van der Waals surface area contributed by atoms with E-state index in [2.05, 4.69) is 11.8 Å². The second-order valence-electron chi connectivity index (χ2n) is 2.62. The van der Waals surface area contributed by atoms with Crippen LogP contribution in [-0.4, -0.2) is 10.9 Å². The Hall–Kier alpha value is -1.59. The van der Waals surface area contributed by atoms with Crippen molar-refractivity contribution < 1.29 is 9.90 Å². The molecular formula is C11H10O2. The van der Waals surface area contributed by atoms with Crippen molar-refractivity contribution in [2.75, 3.05) is 0 Å². The number of benzene rings is 1. The quantitative estimate of drug-likeness (QED) is 0.648. The number of hydrogen-bond donors (Lipinski definition) is 1. The number of aliphatic hydroxyl groups excluding tert-OH is 1. The van der Waals surface area contributed by atoms with E-state index in [4.69, 9.17) is 5.11 Å². The Morgan fingerprint density at radius 3 is 2.77 bits per heavy atom. The topological polar surface area (TPSA) is 37.3 Å². The molecular weight excluding hydrogens is 164 g/mol. The molecule has 0 saturated carbocycles. The third-order valence-corrected chi connectivity index (χ3v) is 1.56. The number of aliphatic hydroxyl groups is 1. The van der Waals surface area contributed by atoms with E-state index in [1.807, 2.05) is 12.1 Å². The van der Waals surface area contributed by atoms with Gasteiger partial charge in [0.05, 0.1) is 6.61 Å². The van der Waals surface area contributed by atoms with Crippen LogP contribution in [0.1, 0.15) is 18.1 Å². The summed E-state index contributed by atoms with van der Waals surface area (Å²) in [5, 5.41) is 8.93. The summed E-state index contributed by atoms with van der Waals surface area (Å²) in [6.07, 6.45) is 0. The molecule has 0 radical (unpaired) electrons. The van der Waals surface area contributed by atoms with E-state index in [1.54, 1.807) is 12.1 Å². The molecule has 0 aliphatic heterocycles. The molecule has 1 N–H and O–H groups in total. The predicted octanol–water partition coefficient (Wildman–Crippen LogP) is 1.12. The first kappa shape index (κ1) is 9.50. The molecule has 0 aliphatic rings. The van der Waals surface area contributed by atoms with Gasteiger partial charge >= 0.3 is 0 Å². The molecule has 1 aromatic carbocycles. The molecule has 0 spiro atoms. The molecule has 66 valence electrons. The second kappa shape index (κ2) is 4.44. The van der Waals surface area contributed by atoms with Crippen LogP contribution in [0.4, 0.5) is 0 Å². The Bertz CT molecular complexity index is 369.